The molecule has 0 aliphatic carbocycles. The summed E-state index contributed by atoms with van der Waals surface area (Å²) in [6.07, 6.45) is 2.43. The zero-order valence-corrected chi connectivity index (χ0v) is 12.4. The minimum Gasteiger partial charge on any atom is -0.482 e. The highest BCUT2D eigenvalue weighted by Crippen LogP contribution is 2.16. The highest BCUT2D eigenvalue weighted by atomic mass is 16.5. The molecule has 0 saturated carbocycles. The summed E-state index contributed by atoms with van der Waals surface area (Å²) in [5, 5.41) is 8.97. The Morgan fingerprint density at radius 3 is 2.77 bits per heavy atom. The number of carbonyl (C=O) groups is 1. The molecule has 1 aromatic heterocycles. The summed E-state index contributed by atoms with van der Waals surface area (Å²) in [6.45, 7) is 0.483. The van der Waals surface area contributed by atoms with Crippen LogP contribution >= 0.6 is 0 Å². The second kappa shape index (κ2) is 7.79. The van der Waals surface area contributed by atoms with Crippen molar-refractivity contribution in [1.82, 2.24) is 9.88 Å². The molecule has 0 aliphatic heterocycles. The molecule has 1 amide bonds. The molecule has 0 atom stereocenters. The van der Waals surface area contributed by atoms with E-state index in [1.807, 2.05) is 24.3 Å². The number of nitrogens with zero attached hydrogens (tertiary/aromatic N) is 3. The van der Waals surface area contributed by atoms with Crippen LogP contribution < -0.4 is 4.74 Å². The normalized spacial score (nSPS) is 9.82. The third-order valence-electron chi connectivity index (χ3n) is 3.21. The van der Waals surface area contributed by atoms with E-state index in [4.69, 9.17) is 10.00 Å². The number of pyridine rings is 1. The first-order chi connectivity index (χ1) is 10.7. The molecule has 0 bridgehead atoms. The van der Waals surface area contributed by atoms with Gasteiger partial charge in [0.25, 0.3) is 5.91 Å². The lowest BCUT2D eigenvalue weighted by Crippen LogP contribution is -2.33. The van der Waals surface area contributed by atoms with Crippen molar-refractivity contribution in [2.24, 2.45) is 0 Å². The molecule has 22 heavy (non-hydrogen) atoms. The van der Waals surface area contributed by atoms with Gasteiger partial charge in [-0.25, -0.2) is 0 Å². The average Bonchev–Trinajstić information content (AvgIpc) is 2.58. The highest BCUT2D eigenvalue weighted by molar-refractivity contribution is 5.77. The molecule has 1 heterocycles. The number of rotatable bonds is 6. The number of benzene rings is 1. The standard InChI is InChI=1S/C17H17N3O2/c1-20(11-9-15-7-4-5-10-19-15)17(21)13-22-16-8-3-2-6-14(16)12-18/h2-8,10H,9,11,13H2,1H3. The van der Waals surface area contributed by atoms with Crippen molar-refractivity contribution < 1.29 is 9.53 Å². The van der Waals surface area contributed by atoms with Gasteiger partial charge in [0.1, 0.15) is 11.8 Å². The van der Waals surface area contributed by atoms with Gasteiger partial charge in [-0.05, 0) is 24.3 Å². The Morgan fingerprint density at radius 1 is 1.27 bits per heavy atom. The van der Waals surface area contributed by atoms with E-state index in [1.54, 1.807) is 42.4 Å². The monoisotopic (exact) mass is 295 g/mol. The summed E-state index contributed by atoms with van der Waals surface area (Å²) < 4.78 is 5.43. The maximum atomic E-state index is 12.0. The number of hydrogen-bond donors (Lipinski definition) is 0. The van der Waals surface area contributed by atoms with Crippen LogP contribution in [0.25, 0.3) is 0 Å². The first-order valence-electron chi connectivity index (χ1n) is 6.96. The maximum Gasteiger partial charge on any atom is 0.260 e. The lowest BCUT2D eigenvalue weighted by atomic mass is 10.2. The number of carbonyl (C=O) groups excluding carboxylic acids is 1. The van der Waals surface area contributed by atoms with E-state index < -0.39 is 0 Å². The predicted molar refractivity (Wildman–Crippen MR) is 82.2 cm³/mol. The quantitative estimate of drug-likeness (QED) is 0.818. The Balaban J connectivity index is 1.83. The number of para-hydroxylation sites is 1. The van der Waals surface area contributed by atoms with E-state index in [2.05, 4.69) is 4.98 Å². The molecule has 0 spiro atoms. The third-order valence-corrected chi connectivity index (χ3v) is 3.21. The van der Waals surface area contributed by atoms with Gasteiger partial charge in [-0.2, -0.15) is 5.26 Å². The average molecular weight is 295 g/mol. The molecule has 0 fully saturated rings. The summed E-state index contributed by atoms with van der Waals surface area (Å²) in [4.78, 5) is 17.9. The number of nitriles is 1. The zero-order chi connectivity index (χ0) is 15.8. The molecule has 5 heteroatoms. The van der Waals surface area contributed by atoms with Gasteiger partial charge in [0.05, 0.1) is 5.56 Å². The van der Waals surface area contributed by atoms with Gasteiger partial charge in [-0.1, -0.05) is 18.2 Å². The first-order valence-corrected chi connectivity index (χ1v) is 6.96. The number of hydrogen-bond acceptors (Lipinski definition) is 4. The lowest BCUT2D eigenvalue weighted by molar-refractivity contribution is -0.132. The summed E-state index contributed by atoms with van der Waals surface area (Å²) in [5.41, 5.74) is 1.37. The van der Waals surface area contributed by atoms with Crippen LogP contribution in [0, 0.1) is 11.3 Å². The molecule has 0 unspecified atom stereocenters. The largest absolute Gasteiger partial charge is 0.482 e. The van der Waals surface area contributed by atoms with Crippen LogP contribution in [0.3, 0.4) is 0 Å². The number of amides is 1. The molecule has 0 saturated heterocycles. The first kappa shape index (κ1) is 15.5. The number of aromatic nitrogens is 1. The number of likely N-dealkylation sites (N-methyl/N-ethyl adjacent to an activating group) is 1. The molecular formula is C17H17N3O2. The van der Waals surface area contributed by atoms with Gasteiger partial charge < -0.3 is 9.64 Å². The zero-order valence-electron chi connectivity index (χ0n) is 12.4. The lowest BCUT2D eigenvalue weighted by Gasteiger charge is -2.17. The van der Waals surface area contributed by atoms with E-state index in [0.717, 1.165) is 5.69 Å². The van der Waals surface area contributed by atoms with Crippen LogP contribution in [0.5, 0.6) is 5.75 Å². The second-order valence-corrected chi connectivity index (χ2v) is 4.78. The highest BCUT2D eigenvalue weighted by Gasteiger charge is 2.11. The Bertz CT molecular complexity index is 665. The summed E-state index contributed by atoms with van der Waals surface area (Å²) >= 11 is 0. The van der Waals surface area contributed by atoms with Crippen molar-refractivity contribution in [3.63, 3.8) is 0 Å². The topological polar surface area (TPSA) is 66.2 Å². The minimum atomic E-state index is -0.135. The second-order valence-electron chi connectivity index (χ2n) is 4.78. The molecule has 112 valence electrons. The van der Waals surface area contributed by atoms with E-state index in [1.165, 1.54) is 0 Å². The summed E-state index contributed by atoms with van der Waals surface area (Å²) in [5.74, 6) is 0.292. The maximum absolute atomic E-state index is 12.0. The fourth-order valence-corrected chi connectivity index (χ4v) is 1.89. The van der Waals surface area contributed by atoms with Crippen LogP contribution in [0.15, 0.2) is 48.7 Å². The van der Waals surface area contributed by atoms with Crippen LogP contribution in [-0.2, 0) is 11.2 Å². The van der Waals surface area contributed by atoms with Crippen LogP contribution in [0.2, 0.25) is 0 Å². The Kier molecular flexibility index (Phi) is 5.50. The molecule has 1 aromatic carbocycles. The van der Waals surface area contributed by atoms with Crippen LogP contribution in [0.1, 0.15) is 11.3 Å². The van der Waals surface area contributed by atoms with Crippen LogP contribution in [-0.4, -0.2) is 36.0 Å². The molecule has 5 nitrogen and oxygen atoms in total. The molecule has 2 aromatic rings. The van der Waals surface area contributed by atoms with E-state index in [0.29, 0.717) is 24.3 Å². The molecule has 0 aliphatic rings. The number of ether oxygens (including phenoxy) is 1. The fraction of sp³-hybridized carbons (Fsp3) is 0.235. The van der Waals surface area contributed by atoms with Crippen molar-refractivity contribution in [2.75, 3.05) is 20.2 Å². The third kappa shape index (κ3) is 4.32. The van der Waals surface area contributed by atoms with Crippen LogP contribution in [0.4, 0.5) is 0 Å². The van der Waals surface area contributed by atoms with Crippen molar-refractivity contribution >= 4 is 5.91 Å². The minimum absolute atomic E-state index is 0.0859. The Hall–Kier alpha value is -2.87. The van der Waals surface area contributed by atoms with Gasteiger partial charge in [-0.3, -0.25) is 9.78 Å². The smallest absolute Gasteiger partial charge is 0.260 e. The predicted octanol–water partition coefficient (Wildman–Crippen LogP) is 2.03. The molecular weight excluding hydrogens is 278 g/mol. The SMILES string of the molecule is CN(CCc1ccccn1)C(=O)COc1ccccc1C#N. The van der Waals surface area contributed by atoms with Gasteiger partial charge in [-0.15, -0.1) is 0 Å². The van der Waals surface area contributed by atoms with Gasteiger partial charge in [0.2, 0.25) is 0 Å². The summed E-state index contributed by atoms with van der Waals surface area (Å²) in [6, 6.07) is 14.6. The molecule has 0 radical (unpaired) electrons. The van der Waals surface area contributed by atoms with E-state index in [9.17, 15) is 4.79 Å². The Morgan fingerprint density at radius 2 is 2.05 bits per heavy atom. The fourth-order valence-electron chi connectivity index (χ4n) is 1.89. The Labute approximate surface area is 129 Å². The molecule has 0 N–H and O–H groups in total. The van der Waals surface area contributed by atoms with Crippen molar-refractivity contribution in [3.05, 3.63) is 59.9 Å². The van der Waals surface area contributed by atoms with E-state index >= 15 is 0 Å². The summed E-state index contributed by atoms with van der Waals surface area (Å²) in [7, 11) is 1.73. The van der Waals surface area contributed by atoms with Crippen molar-refractivity contribution in [2.45, 2.75) is 6.42 Å². The van der Waals surface area contributed by atoms with Crippen molar-refractivity contribution in [3.8, 4) is 11.8 Å². The van der Waals surface area contributed by atoms with Gasteiger partial charge >= 0.3 is 0 Å². The van der Waals surface area contributed by atoms with Gasteiger partial charge in [0.15, 0.2) is 6.61 Å². The van der Waals surface area contributed by atoms with Gasteiger partial charge in [0, 0.05) is 31.9 Å². The molecule has 2 rings (SSSR count). The van der Waals surface area contributed by atoms with Crippen molar-refractivity contribution in [1.29, 1.82) is 5.26 Å². The van der Waals surface area contributed by atoms with E-state index in [-0.39, 0.29) is 12.5 Å².